The van der Waals surface area contributed by atoms with E-state index in [1.807, 2.05) is 19.4 Å². The van der Waals surface area contributed by atoms with Crippen molar-refractivity contribution in [1.82, 2.24) is 15.3 Å². The highest BCUT2D eigenvalue weighted by atomic mass is 14.9. The number of rotatable bonds is 4. The molecular formula is C11H17N3. The van der Waals surface area contributed by atoms with Gasteiger partial charge in [0.25, 0.3) is 0 Å². The Hall–Kier alpha value is -0.960. The fraction of sp³-hybridized carbons (Fsp3) is 0.636. The molecule has 14 heavy (non-hydrogen) atoms. The van der Waals surface area contributed by atoms with Gasteiger partial charge in [0.05, 0.1) is 0 Å². The van der Waals surface area contributed by atoms with Gasteiger partial charge < -0.3 is 5.32 Å². The Bertz CT molecular complexity index is 282. The zero-order valence-electron chi connectivity index (χ0n) is 8.77. The molecule has 2 unspecified atom stereocenters. The van der Waals surface area contributed by atoms with Crippen LogP contribution < -0.4 is 5.32 Å². The predicted octanol–water partition coefficient (Wildman–Crippen LogP) is 1.78. The summed E-state index contributed by atoms with van der Waals surface area (Å²) in [6, 6.07) is 0.406. The fourth-order valence-corrected chi connectivity index (χ4v) is 2.10. The second-order valence-corrected chi connectivity index (χ2v) is 4.13. The summed E-state index contributed by atoms with van der Waals surface area (Å²) in [5.74, 6) is 1.58. The molecule has 2 atom stereocenters. The SMILES string of the molecule is CNC(c1cncnc1)C(C)C1CC1. The van der Waals surface area contributed by atoms with Crippen molar-refractivity contribution in [3.63, 3.8) is 0 Å². The highest BCUT2D eigenvalue weighted by Gasteiger charge is 2.33. The van der Waals surface area contributed by atoms with Crippen LogP contribution in [0.1, 0.15) is 31.4 Å². The third-order valence-corrected chi connectivity index (χ3v) is 3.14. The molecule has 1 aromatic rings. The number of hydrogen-bond donors (Lipinski definition) is 1. The lowest BCUT2D eigenvalue weighted by Crippen LogP contribution is -2.24. The third-order valence-electron chi connectivity index (χ3n) is 3.14. The Morgan fingerprint density at radius 3 is 2.50 bits per heavy atom. The molecule has 1 saturated carbocycles. The summed E-state index contributed by atoms with van der Waals surface area (Å²) in [6.07, 6.45) is 8.16. The van der Waals surface area contributed by atoms with Crippen molar-refractivity contribution in [3.05, 3.63) is 24.3 Å². The summed E-state index contributed by atoms with van der Waals surface area (Å²) >= 11 is 0. The quantitative estimate of drug-likeness (QED) is 0.788. The van der Waals surface area contributed by atoms with Crippen LogP contribution >= 0.6 is 0 Å². The topological polar surface area (TPSA) is 37.8 Å². The van der Waals surface area contributed by atoms with Gasteiger partial charge in [0.1, 0.15) is 6.33 Å². The average molecular weight is 191 g/mol. The lowest BCUT2D eigenvalue weighted by atomic mass is 9.92. The first-order chi connectivity index (χ1) is 6.83. The molecule has 0 radical (unpaired) electrons. The molecule has 3 heteroatoms. The van der Waals surface area contributed by atoms with E-state index >= 15 is 0 Å². The summed E-state index contributed by atoms with van der Waals surface area (Å²) in [6.45, 7) is 2.31. The van der Waals surface area contributed by atoms with Gasteiger partial charge in [-0.25, -0.2) is 9.97 Å². The molecule has 0 spiro atoms. The minimum atomic E-state index is 0.406. The van der Waals surface area contributed by atoms with Crippen LogP contribution in [0.15, 0.2) is 18.7 Å². The van der Waals surface area contributed by atoms with Gasteiger partial charge in [-0.1, -0.05) is 6.92 Å². The van der Waals surface area contributed by atoms with E-state index in [1.54, 1.807) is 6.33 Å². The van der Waals surface area contributed by atoms with Crippen LogP contribution in [-0.4, -0.2) is 17.0 Å². The zero-order valence-corrected chi connectivity index (χ0v) is 8.77. The van der Waals surface area contributed by atoms with Gasteiger partial charge >= 0.3 is 0 Å². The first-order valence-corrected chi connectivity index (χ1v) is 5.25. The highest BCUT2D eigenvalue weighted by molar-refractivity contribution is 5.11. The normalized spacial score (nSPS) is 20.4. The Morgan fingerprint density at radius 1 is 1.36 bits per heavy atom. The van der Waals surface area contributed by atoms with Crippen LogP contribution in [0, 0.1) is 11.8 Å². The minimum Gasteiger partial charge on any atom is -0.313 e. The standard InChI is InChI=1S/C11H17N3/c1-8(9-3-4-9)11(12-2)10-5-13-7-14-6-10/h5-9,11-12H,3-4H2,1-2H3. The molecule has 1 aliphatic carbocycles. The Morgan fingerprint density at radius 2 is 2.00 bits per heavy atom. The molecule has 3 nitrogen and oxygen atoms in total. The monoisotopic (exact) mass is 191 g/mol. The van der Waals surface area contributed by atoms with Crippen LogP contribution in [-0.2, 0) is 0 Å². The van der Waals surface area contributed by atoms with Gasteiger partial charge in [-0.15, -0.1) is 0 Å². The van der Waals surface area contributed by atoms with Crippen LogP contribution in [0.3, 0.4) is 0 Å². The van der Waals surface area contributed by atoms with E-state index < -0.39 is 0 Å². The van der Waals surface area contributed by atoms with Crippen molar-refractivity contribution in [2.75, 3.05) is 7.05 Å². The van der Waals surface area contributed by atoms with Gasteiger partial charge in [-0.05, 0) is 31.7 Å². The largest absolute Gasteiger partial charge is 0.313 e. The van der Waals surface area contributed by atoms with Crippen molar-refractivity contribution >= 4 is 0 Å². The molecule has 0 bridgehead atoms. The van der Waals surface area contributed by atoms with Crippen LogP contribution in [0.4, 0.5) is 0 Å². The predicted molar refractivity (Wildman–Crippen MR) is 55.7 cm³/mol. The highest BCUT2D eigenvalue weighted by Crippen LogP contribution is 2.42. The van der Waals surface area contributed by atoms with E-state index in [0.29, 0.717) is 12.0 Å². The van der Waals surface area contributed by atoms with Crippen molar-refractivity contribution in [2.45, 2.75) is 25.8 Å². The zero-order chi connectivity index (χ0) is 9.97. The molecule has 1 aliphatic rings. The first kappa shape index (κ1) is 9.59. The summed E-state index contributed by atoms with van der Waals surface area (Å²) in [5, 5.41) is 3.36. The lowest BCUT2D eigenvalue weighted by molar-refractivity contribution is 0.367. The molecule has 1 aromatic heterocycles. The van der Waals surface area contributed by atoms with Gasteiger partial charge in [0.2, 0.25) is 0 Å². The fourth-order valence-electron chi connectivity index (χ4n) is 2.10. The third kappa shape index (κ3) is 1.93. The van der Waals surface area contributed by atoms with E-state index in [2.05, 4.69) is 22.2 Å². The van der Waals surface area contributed by atoms with Gasteiger partial charge in [0.15, 0.2) is 0 Å². The maximum atomic E-state index is 4.06. The van der Waals surface area contributed by atoms with E-state index in [1.165, 1.54) is 18.4 Å². The number of hydrogen-bond acceptors (Lipinski definition) is 3. The van der Waals surface area contributed by atoms with Crippen LogP contribution in [0.2, 0.25) is 0 Å². The molecule has 0 amide bonds. The lowest BCUT2D eigenvalue weighted by Gasteiger charge is -2.23. The maximum Gasteiger partial charge on any atom is 0.115 e. The molecular weight excluding hydrogens is 174 g/mol. The van der Waals surface area contributed by atoms with Gasteiger partial charge in [-0.3, -0.25) is 0 Å². The van der Waals surface area contributed by atoms with E-state index in [4.69, 9.17) is 0 Å². The van der Waals surface area contributed by atoms with Gasteiger partial charge in [-0.2, -0.15) is 0 Å². The Kier molecular flexibility index (Phi) is 2.77. The van der Waals surface area contributed by atoms with E-state index in [-0.39, 0.29) is 0 Å². The van der Waals surface area contributed by atoms with Crippen molar-refractivity contribution in [1.29, 1.82) is 0 Å². The average Bonchev–Trinajstić information content (AvgIpc) is 3.03. The smallest absolute Gasteiger partial charge is 0.115 e. The van der Waals surface area contributed by atoms with Crippen molar-refractivity contribution in [3.8, 4) is 0 Å². The summed E-state index contributed by atoms with van der Waals surface area (Å²) < 4.78 is 0. The molecule has 1 N–H and O–H groups in total. The second-order valence-electron chi connectivity index (χ2n) is 4.13. The maximum absolute atomic E-state index is 4.06. The van der Waals surface area contributed by atoms with Crippen molar-refractivity contribution < 1.29 is 0 Å². The molecule has 1 fully saturated rings. The van der Waals surface area contributed by atoms with Crippen molar-refractivity contribution in [2.24, 2.45) is 11.8 Å². The Labute approximate surface area is 85.0 Å². The summed E-state index contributed by atoms with van der Waals surface area (Å²) in [5.41, 5.74) is 1.20. The molecule has 0 aliphatic heterocycles. The number of nitrogens with one attached hydrogen (secondary N) is 1. The number of nitrogens with zero attached hydrogens (tertiary/aromatic N) is 2. The summed E-state index contributed by atoms with van der Waals surface area (Å²) in [7, 11) is 2.01. The number of aromatic nitrogens is 2. The second kappa shape index (κ2) is 4.05. The molecule has 76 valence electrons. The van der Waals surface area contributed by atoms with Crippen LogP contribution in [0.25, 0.3) is 0 Å². The molecule has 1 heterocycles. The minimum absolute atomic E-state index is 0.406. The van der Waals surface area contributed by atoms with Crippen LogP contribution in [0.5, 0.6) is 0 Å². The van der Waals surface area contributed by atoms with E-state index in [9.17, 15) is 0 Å². The first-order valence-electron chi connectivity index (χ1n) is 5.25. The molecule has 0 aromatic carbocycles. The molecule has 0 saturated heterocycles. The summed E-state index contributed by atoms with van der Waals surface area (Å²) in [4.78, 5) is 8.13. The van der Waals surface area contributed by atoms with E-state index in [0.717, 1.165) is 5.92 Å². The molecule has 2 rings (SSSR count). The Balaban J connectivity index is 2.12. The van der Waals surface area contributed by atoms with Gasteiger partial charge in [0, 0.05) is 24.0 Å².